The van der Waals surface area contributed by atoms with Gasteiger partial charge in [0.15, 0.2) is 0 Å². The van der Waals surface area contributed by atoms with E-state index >= 15 is 0 Å². The van der Waals surface area contributed by atoms with Crippen LogP contribution in [0.4, 0.5) is 0 Å². The molecule has 347 valence electrons. The second-order valence-corrected chi connectivity index (χ2v) is 22.1. The molecule has 8 heteroatoms. The van der Waals surface area contributed by atoms with Crippen molar-refractivity contribution in [2.75, 3.05) is 0 Å². The maximum Gasteiger partial charge on any atom is 2.00 e. The molecule has 0 fully saturated rings. The van der Waals surface area contributed by atoms with Crippen molar-refractivity contribution >= 4 is 46.0 Å². The van der Waals surface area contributed by atoms with E-state index in [-0.39, 0.29) is 55.0 Å². The van der Waals surface area contributed by atoms with E-state index in [4.69, 9.17) is 19.9 Å². The molecule has 4 aromatic carbocycles. The van der Waals surface area contributed by atoms with Gasteiger partial charge in [-0.1, -0.05) is 204 Å². The zero-order chi connectivity index (χ0) is 47.8. The molecule has 7 aromatic rings. The third-order valence-electron chi connectivity index (χ3n) is 13.1. The third kappa shape index (κ3) is 9.20. The molecule has 68 heavy (non-hydrogen) atoms. The van der Waals surface area contributed by atoms with E-state index in [1.807, 2.05) is 36.4 Å². The molecular formula is C60H59CuN5O2. The molecule has 0 spiro atoms. The van der Waals surface area contributed by atoms with Gasteiger partial charge in [0.1, 0.15) is 5.69 Å². The van der Waals surface area contributed by atoms with Gasteiger partial charge in [-0.2, -0.15) is 0 Å². The first-order chi connectivity index (χ1) is 31.5. The molecule has 7 nitrogen and oxygen atoms in total. The molecule has 0 saturated heterocycles. The Hall–Kier alpha value is -6.60. The van der Waals surface area contributed by atoms with E-state index in [1.54, 1.807) is 6.08 Å². The average Bonchev–Trinajstić information content (AvgIpc) is 4.11. The molecule has 0 amide bonds. The number of nitro groups is 1. The van der Waals surface area contributed by atoms with E-state index in [0.29, 0.717) is 33.4 Å². The molecule has 0 atom stereocenters. The van der Waals surface area contributed by atoms with Crippen molar-refractivity contribution in [3.8, 4) is 44.5 Å². The smallest absolute Gasteiger partial charge is 0.657 e. The number of hydrogen-bond donors (Lipinski definition) is 0. The second kappa shape index (κ2) is 17.5. The van der Waals surface area contributed by atoms with E-state index in [1.165, 1.54) is 16.7 Å². The van der Waals surface area contributed by atoms with Gasteiger partial charge >= 0.3 is 17.1 Å². The summed E-state index contributed by atoms with van der Waals surface area (Å²) in [5, 5.41) is 13.4. The van der Waals surface area contributed by atoms with Gasteiger partial charge in [-0.15, -0.1) is 22.1 Å². The molecule has 0 saturated carbocycles. The van der Waals surface area contributed by atoms with Gasteiger partial charge < -0.3 is 9.97 Å². The van der Waals surface area contributed by atoms with Crippen LogP contribution in [0.25, 0.3) is 90.5 Å². The van der Waals surface area contributed by atoms with Crippen molar-refractivity contribution in [3.63, 3.8) is 0 Å². The van der Waals surface area contributed by atoms with Crippen LogP contribution < -0.4 is 9.97 Å². The summed E-state index contributed by atoms with van der Waals surface area (Å²) in [7, 11) is 0. The molecule has 2 aliphatic rings. The van der Waals surface area contributed by atoms with Crippen LogP contribution >= 0.6 is 0 Å². The number of hydrogen-bond acceptors (Lipinski definition) is 4. The van der Waals surface area contributed by atoms with Crippen molar-refractivity contribution in [1.82, 2.24) is 19.9 Å². The predicted octanol–water partition coefficient (Wildman–Crippen LogP) is 15.4. The van der Waals surface area contributed by atoms with Crippen molar-refractivity contribution in [1.29, 1.82) is 0 Å². The van der Waals surface area contributed by atoms with Crippen molar-refractivity contribution in [2.45, 2.75) is 105 Å². The van der Waals surface area contributed by atoms with Crippen LogP contribution in [0.5, 0.6) is 0 Å². The zero-order valence-corrected chi connectivity index (χ0v) is 42.1. The fourth-order valence-corrected chi connectivity index (χ4v) is 9.02. The van der Waals surface area contributed by atoms with Crippen LogP contribution in [0.15, 0.2) is 121 Å². The van der Waals surface area contributed by atoms with Crippen LogP contribution in [-0.2, 0) is 38.7 Å². The number of benzene rings is 4. The summed E-state index contributed by atoms with van der Waals surface area (Å²) in [6.07, 6.45) is 5.76. The molecule has 0 aliphatic carbocycles. The maximum atomic E-state index is 13.4. The summed E-state index contributed by atoms with van der Waals surface area (Å²) in [5.74, 6) is 0. The Kier molecular flexibility index (Phi) is 12.3. The second-order valence-electron chi connectivity index (χ2n) is 22.1. The molecule has 9 rings (SSSR count). The molecular weight excluding hydrogens is 886 g/mol. The quantitative estimate of drug-likeness (QED) is 0.0968. The summed E-state index contributed by atoms with van der Waals surface area (Å²) >= 11 is 0. The minimum absolute atomic E-state index is 0. The topological polar surface area (TPSA) is 97.1 Å². The molecule has 2 aliphatic heterocycles. The van der Waals surface area contributed by atoms with E-state index in [9.17, 15) is 10.1 Å². The first kappa shape index (κ1) is 47.9. The molecule has 0 unspecified atom stereocenters. The number of nitrogens with zero attached hydrogens (tertiary/aromatic N) is 5. The Bertz CT molecular complexity index is 3310. The first-order valence-electron chi connectivity index (χ1n) is 23.2. The minimum atomic E-state index is -0.325. The summed E-state index contributed by atoms with van der Waals surface area (Å²) < 4.78 is 0. The SMILES string of the molecule is CC(C)(C)c1ccc(-c2c3nc(c(-c4ccc(C(C)(C)C)cc4)c4ccc([n-]4)c(-c4ccc(C(C)(C)C)cc4)c4nc(c(-c5ccc(C(C)(C)C)cc5)c5ccc2[n-]5)C=C4[N+](=O)[O-])C=C3)cc1.[Cu+2]. The maximum absolute atomic E-state index is 13.4. The summed E-state index contributed by atoms with van der Waals surface area (Å²) in [4.78, 5) is 34.6. The van der Waals surface area contributed by atoms with Crippen LogP contribution in [0.3, 0.4) is 0 Å². The van der Waals surface area contributed by atoms with Crippen molar-refractivity contribution in [3.05, 3.63) is 176 Å². The molecule has 3 aromatic heterocycles. The first-order valence-corrected chi connectivity index (χ1v) is 23.2. The van der Waals surface area contributed by atoms with E-state index in [2.05, 4.69) is 180 Å². The van der Waals surface area contributed by atoms with Crippen LogP contribution in [0, 0.1) is 10.1 Å². The third-order valence-corrected chi connectivity index (χ3v) is 13.1. The van der Waals surface area contributed by atoms with Crippen molar-refractivity contribution in [2.24, 2.45) is 0 Å². The Labute approximate surface area is 411 Å². The zero-order valence-electron chi connectivity index (χ0n) is 41.1. The average molecular weight is 946 g/mol. The van der Waals surface area contributed by atoms with Crippen LogP contribution in [-0.4, -0.2) is 14.9 Å². The standard InChI is InChI=1S/C60H59N5O2.Cu/c1-57(2,3)40-21-13-36(14-22-40)52-44-29-30-45(61-44)53(37-15-23-41(24-16-37)58(4,5)6)47-33-34-49(63-47)55(39-19-27-43(28-20-39)60(10,11)12)56-51(65(66)67)35-50(64-56)54(48-32-31-46(52)62-48)38-17-25-42(26-18-38)59(7,8)9;/h13-35H,1-12H3;/q-2;+2. The van der Waals surface area contributed by atoms with Gasteiger partial charge in [0.25, 0.3) is 5.70 Å². The summed E-state index contributed by atoms with van der Waals surface area (Å²) in [6, 6.07) is 42.0. The molecule has 1 radical (unpaired) electrons. The van der Waals surface area contributed by atoms with Crippen molar-refractivity contribution < 1.29 is 22.0 Å². The van der Waals surface area contributed by atoms with Gasteiger partial charge in [-0.05, 0) is 101 Å². The Morgan fingerprint density at radius 3 is 0.971 bits per heavy atom. The normalized spacial score (nSPS) is 13.0. The minimum Gasteiger partial charge on any atom is -0.657 e. The summed E-state index contributed by atoms with van der Waals surface area (Å²) in [5.41, 5.74) is 15.8. The number of rotatable bonds is 5. The fourth-order valence-electron chi connectivity index (χ4n) is 9.02. The van der Waals surface area contributed by atoms with Gasteiger partial charge in [0, 0.05) is 6.08 Å². The van der Waals surface area contributed by atoms with Gasteiger partial charge in [-0.3, -0.25) is 10.1 Å². The van der Waals surface area contributed by atoms with Gasteiger partial charge in [0.05, 0.1) is 22.0 Å². The molecule has 8 bridgehead atoms. The molecule has 5 heterocycles. The number of aromatic nitrogens is 4. The largest absolute Gasteiger partial charge is 2.00 e. The van der Waals surface area contributed by atoms with Crippen LogP contribution in [0.2, 0.25) is 0 Å². The monoisotopic (exact) mass is 944 g/mol. The fraction of sp³-hybridized carbons (Fsp3) is 0.267. The van der Waals surface area contributed by atoms with Gasteiger partial charge in [0.2, 0.25) is 0 Å². The van der Waals surface area contributed by atoms with E-state index in [0.717, 1.165) is 55.8 Å². The van der Waals surface area contributed by atoms with E-state index < -0.39 is 0 Å². The van der Waals surface area contributed by atoms with Crippen LogP contribution in [0.1, 0.15) is 128 Å². The number of fused-ring (bicyclic) bond motifs is 8. The Balaban J connectivity index is 0.00000625. The van der Waals surface area contributed by atoms with Gasteiger partial charge in [-0.25, -0.2) is 9.97 Å². The molecule has 0 N–H and O–H groups in total. The Morgan fingerprint density at radius 2 is 0.676 bits per heavy atom. The predicted molar refractivity (Wildman–Crippen MR) is 279 cm³/mol. The Morgan fingerprint density at radius 1 is 0.397 bits per heavy atom. The summed E-state index contributed by atoms with van der Waals surface area (Å²) in [6.45, 7) is 26.4.